The van der Waals surface area contributed by atoms with Crippen LogP contribution in [0.2, 0.25) is 0 Å². The SMILES string of the molecule is CNc1c(NCCCN(C)C(C)(C)C)c(=O)c1=O. The maximum Gasteiger partial charge on any atom is 0.253 e. The first-order chi connectivity index (χ1) is 8.29. The lowest BCUT2D eigenvalue weighted by molar-refractivity contribution is 0.175. The smallest absolute Gasteiger partial charge is 0.253 e. The molecule has 5 nitrogen and oxygen atoms in total. The van der Waals surface area contributed by atoms with E-state index >= 15 is 0 Å². The zero-order valence-corrected chi connectivity index (χ0v) is 11.9. The summed E-state index contributed by atoms with van der Waals surface area (Å²) in [7, 11) is 3.73. The number of hydrogen-bond donors (Lipinski definition) is 2. The maximum atomic E-state index is 11.3. The Balaban J connectivity index is 2.38. The van der Waals surface area contributed by atoms with Gasteiger partial charge in [0, 0.05) is 25.7 Å². The minimum absolute atomic E-state index is 0.150. The molecule has 0 aromatic heterocycles. The monoisotopic (exact) mass is 253 g/mol. The number of nitrogens with one attached hydrogen (secondary N) is 2. The first-order valence-corrected chi connectivity index (χ1v) is 6.25. The summed E-state index contributed by atoms with van der Waals surface area (Å²) in [5.41, 5.74) is 0.151. The molecule has 1 rings (SSSR count). The first-order valence-electron chi connectivity index (χ1n) is 6.25. The number of nitrogens with zero attached hydrogens (tertiary/aromatic N) is 1. The Morgan fingerprint density at radius 1 is 1.11 bits per heavy atom. The highest BCUT2D eigenvalue weighted by Gasteiger charge is 2.19. The van der Waals surface area contributed by atoms with Crippen LogP contribution in [0, 0.1) is 0 Å². The third-order valence-corrected chi connectivity index (χ3v) is 3.28. The van der Waals surface area contributed by atoms with Gasteiger partial charge < -0.3 is 15.5 Å². The summed E-state index contributed by atoms with van der Waals surface area (Å²) in [6.45, 7) is 8.13. The molecule has 0 saturated carbocycles. The molecule has 0 saturated heterocycles. The number of anilines is 2. The Morgan fingerprint density at radius 3 is 2.17 bits per heavy atom. The molecular formula is C13H23N3O2. The van der Waals surface area contributed by atoms with Crippen LogP contribution in [0.4, 0.5) is 11.4 Å². The van der Waals surface area contributed by atoms with Gasteiger partial charge in [0.15, 0.2) is 0 Å². The van der Waals surface area contributed by atoms with Crippen LogP contribution in [0.15, 0.2) is 9.59 Å². The predicted molar refractivity (Wildman–Crippen MR) is 76.4 cm³/mol. The quantitative estimate of drug-likeness (QED) is 0.581. The molecule has 0 aliphatic rings. The van der Waals surface area contributed by atoms with E-state index in [2.05, 4.69) is 43.4 Å². The highest BCUT2D eigenvalue weighted by atomic mass is 16.2. The molecule has 1 aromatic rings. The molecular weight excluding hydrogens is 230 g/mol. The Labute approximate surface area is 108 Å². The Hall–Kier alpha value is -1.36. The molecule has 0 atom stereocenters. The molecule has 0 spiro atoms. The molecule has 102 valence electrons. The van der Waals surface area contributed by atoms with Crippen LogP contribution >= 0.6 is 0 Å². The van der Waals surface area contributed by atoms with Gasteiger partial charge in [-0.25, -0.2) is 0 Å². The van der Waals surface area contributed by atoms with Crippen molar-refractivity contribution in [2.24, 2.45) is 0 Å². The van der Waals surface area contributed by atoms with E-state index < -0.39 is 10.9 Å². The highest BCUT2D eigenvalue weighted by Crippen LogP contribution is 2.13. The number of rotatable bonds is 6. The van der Waals surface area contributed by atoms with Gasteiger partial charge in [-0.3, -0.25) is 9.59 Å². The zero-order chi connectivity index (χ0) is 13.9. The summed E-state index contributed by atoms with van der Waals surface area (Å²) in [5.74, 6) is 0. The van der Waals surface area contributed by atoms with Crippen LogP contribution in [-0.2, 0) is 0 Å². The second kappa shape index (κ2) is 5.52. The summed E-state index contributed by atoms with van der Waals surface area (Å²) < 4.78 is 0. The lowest BCUT2D eigenvalue weighted by Gasteiger charge is -2.31. The summed E-state index contributed by atoms with van der Waals surface area (Å²) in [5, 5.41) is 5.77. The second-order valence-corrected chi connectivity index (χ2v) is 5.53. The van der Waals surface area contributed by atoms with E-state index in [9.17, 15) is 9.59 Å². The van der Waals surface area contributed by atoms with Crippen LogP contribution in [0.25, 0.3) is 0 Å². The van der Waals surface area contributed by atoms with E-state index in [0.29, 0.717) is 17.9 Å². The fourth-order valence-corrected chi connectivity index (χ4v) is 1.66. The average Bonchev–Trinajstić information content (AvgIpc) is 2.30. The van der Waals surface area contributed by atoms with E-state index in [1.165, 1.54) is 0 Å². The van der Waals surface area contributed by atoms with Crippen molar-refractivity contribution in [1.29, 1.82) is 0 Å². The van der Waals surface area contributed by atoms with Crippen LogP contribution in [0.1, 0.15) is 27.2 Å². The van der Waals surface area contributed by atoms with Crippen molar-refractivity contribution in [2.45, 2.75) is 32.7 Å². The van der Waals surface area contributed by atoms with Gasteiger partial charge >= 0.3 is 0 Å². The van der Waals surface area contributed by atoms with Crippen LogP contribution in [-0.4, -0.2) is 37.6 Å². The maximum absolute atomic E-state index is 11.3. The van der Waals surface area contributed by atoms with E-state index in [1.54, 1.807) is 7.05 Å². The third-order valence-electron chi connectivity index (χ3n) is 3.28. The summed E-state index contributed by atoms with van der Waals surface area (Å²) in [6, 6.07) is 0. The molecule has 0 unspecified atom stereocenters. The average molecular weight is 253 g/mol. The second-order valence-electron chi connectivity index (χ2n) is 5.53. The van der Waals surface area contributed by atoms with Gasteiger partial charge in [-0.15, -0.1) is 0 Å². The molecule has 0 radical (unpaired) electrons. The third kappa shape index (κ3) is 3.10. The molecule has 0 heterocycles. The van der Waals surface area contributed by atoms with Crippen molar-refractivity contribution in [3.8, 4) is 0 Å². The molecule has 2 N–H and O–H groups in total. The molecule has 0 fully saturated rings. The van der Waals surface area contributed by atoms with Crippen LogP contribution < -0.4 is 21.5 Å². The topological polar surface area (TPSA) is 61.4 Å². The zero-order valence-electron chi connectivity index (χ0n) is 11.9. The van der Waals surface area contributed by atoms with Gasteiger partial charge in [-0.2, -0.15) is 0 Å². The van der Waals surface area contributed by atoms with Gasteiger partial charge in [-0.05, 0) is 34.2 Å². The lowest BCUT2D eigenvalue weighted by Crippen LogP contribution is -2.40. The molecule has 0 aliphatic carbocycles. The minimum Gasteiger partial charge on any atom is -0.383 e. The first kappa shape index (κ1) is 14.7. The van der Waals surface area contributed by atoms with Gasteiger partial charge in [0.05, 0.1) is 0 Å². The fourth-order valence-electron chi connectivity index (χ4n) is 1.66. The molecule has 5 heteroatoms. The molecule has 18 heavy (non-hydrogen) atoms. The summed E-state index contributed by atoms with van der Waals surface area (Å²) in [4.78, 5) is 24.7. The minimum atomic E-state index is -0.424. The van der Waals surface area contributed by atoms with Crippen LogP contribution in [0.3, 0.4) is 0 Å². The van der Waals surface area contributed by atoms with Gasteiger partial charge in [0.2, 0.25) is 0 Å². The van der Waals surface area contributed by atoms with Crippen LogP contribution in [0.5, 0.6) is 0 Å². The summed E-state index contributed by atoms with van der Waals surface area (Å²) >= 11 is 0. The van der Waals surface area contributed by atoms with Crippen molar-refractivity contribution in [3.05, 3.63) is 20.4 Å². The van der Waals surface area contributed by atoms with Crippen molar-refractivity contribution in [1.82, 2.24) is 4.90 Å². The Morgan fingerprint density at radius 2 is 1.67 bits per heavy atom. The highest BCUT2D eigenvalue weighted by molar-refractivity contribution is 5.73. The van der Waals surface area contributed by atoms with Gasteiger partial charge in [0.1, 0.15) is 11.4 Å². The lowest BCUT2D eigenvalue weighted by atomic mass is 10.1. The molecule has 0 bridgehead atoms. The van der Waals surface area contributed by atoms with E-state index in [4.69, 9.17) is 0 Å². The normalized spacial score (nSPS) is 12.1. The molecule has 0 amide bonds. The standard InChI is InChI=1S/C13H23N3O2/c1-13(2,3)16(5)8-6-7-15-10-9(14-4)11(17)12(10)18/h14-15H,6-8H2,1-5H3. The number of hydrogen-bond acceptors (Lipinski definition) is 5. The summed E-state index contributed by atoms with van der Waals surface area (Å²) in [6.07, 6.45) is 0.926. The van der Waals surface area contributed by atoms with E-state index in [0.717, 1.165) is 13.0 Å². The predicted octanol–water partition coefficient (Wildman–Crippen LogP) is 0.857. The Bertz CT molecular complexity index is 467. The van der Waals surface area contributed by atoms with Crippen molar-refractivity contribution in [2.75, 3.05) is 37.8 Å². The fraction of sp³-hybridized carbons (Fsp3) is 0.692. The molecule has 0 aliphatic heterocycles. The van der Waals surface area contributed by atoms with E-state index in [1.807, 2.05) is 0 Å². The van der Waals surface area contributed by atoms with Gasteiger partial charge in [0.25, 0.3) is 10.9 Å². The van der Waals surface area contributed by atoms with E-state index in [-0.39, 0.29) is 5.54 Å². The molecule has 1 aromatic carbocycles. The van der Waals surface area contributed by atoms with Gasteiger partial charge in [-0.1, -0.05) is 0 Å². The van der Waals surface area contributed by atoms with Crippen molar-refractivity contribution in [3.63, 3.8) is 0 Å². The Kier molecular flexibility index (Phi) is 4.51. The van der Waals surface area contributed by atoms with Crippen molar-refractivity contribution >= 4 is 11.4 Å². The largest absolute Gasteiger partial charge is 0.383 e. The van der Waals surface area contributed by atoms with Crippen molar-refractivity contribution < 1.29 is 0 Å².